The molecule has 4 heteroatoms. The van der Waals surface area contributed by atoms with Crippen molar-refractivity contribution in [1.29, 1.82) is 0 Å². The summed E-state index contributed by atoms with van der Waals surface area (Å²) in [6.07, 6.45) is 1.86. The van der Waals surface area contributed by atoms with Crippen LogP contribution < -0.4 is 10.1 Å². The normalized spacial score (nSPS) is 10.6. The largest absolute Gasteiger partial charge is 0.508 e. The van der Waals surface area contributed by atoms with Gasteiger partial charge in [0.15, 0.2) is 0 Å². The topological polar surface area (TPSA) is 58.6 Å². The van der Waals surface area contributed by atoms with E-state index in [2.05, 4.69) is 5.32 Å². The van der Waals surface area contributed by atoms with Crippen molar-refractivity contribution < 1.29 is 14.6 Å². The van der Waals surface area contributed by atoms with Gasteiger partial charge in [0, 0.05) is 13.0 Å². The van der Waals surface area contributed by atoms with Crippen LogP contribution in [-0.4, -0.2) is 23.7 Å². The lowest BCUT2D eigenvalue weighted by atomic mass is 10.1. The molecule has 128 valence electrons. The van der Waals surface area contributed by atoms with Crippen LogP contribution in [0.5, 0.6) is 11.5 Å². The number of carbonyl (C=O) groups is 1. The van der Waals surface area contributed by atoms with Gasteiger partial charge in [0.1, 0.15) is 11.5 Å². The number of carbonyl (C=O) groups excluding carboxylic acids is 1. The summed E-state index contributed by atoms with van der Waals surface area (Å²) < 4.78 is 5.61. The van der Waals surface area contributed by atoms with Crippen molar-refractivity contribution in [3.63, 3.8) is 0 Å². The summed E-state index contributed by atoms with van der Waals surface area (Å²) in [5.41, 5.74) is 1.96. The molecule has 0 aromatic heterocycles. The number of benzene rings is 2. The Labute approximate surface area is 143 Å². The standard InChI is InChI=1S/C20H25NO3/c1-15(2)24-18-10-7-16(8-11-18)13-14-21-20(23)12-9-17-5-3-4-6-19(17)22/h3-8,10-11,15,22H,9,12-14H2,1-2H3,(H,21,23). The van der Waals surface area contributed by atoms with Crippen molar-refractivity contribution in [3.05, 3.63) is 59.7 Å². The third-order valence-corrected chi connectivity index (χ3v) is 3.64. The molecule has 0 aliphatic heterocycles. The Morgan fingerprint density at radius 3 is 2.46 bits per heavy atom. The third kappa shape index (κ3) is 5.95. The highest BCUT2D eigenvalue weighted by Gasteiger charge is 2.05. The molecule has 0 aliphatic carbocycles. The summed E-state index contributed by atoms with van der Waals surface area (Å²) in [6.45, 7) is 4.60. The maximum Gasteiger partial charge on any atom is 0.220 e. The Morgan fingerprint density at radius 2 is 1.79 bits per heavy atom. The number of hydrogen-bond acceptors (Lipinski definition) is 3. The molecule has 0 saturated carbocycles. The summed E-state index contributed by atoms with van der Waals surface area (Å²) in [4.78, 5) is 11.9. The Morgan fingerprint density at radius 1 is 1.08 bits per heavy atom. The van der Waals surface area contributed by atoms with Gasteiger partial charge in [-0.3, -0.25) is 4.79 Å². The first kappa shape index (κ1) is 17.9. The Kier molecular flexibility index (Phi) is 6.67. The van der Waals surface area contributed by atoms with Gasteiger partial charge in [0.2, 0.25) is 5.91 Å². The number of para-hydroxylation sites is 1. The number of rotatable bonds is 8. The molecule has 24 heavy (non-hydrogen) atoms. The number of hydrogen-bond donors (Lipinski definition) is 2. The van der Waals surface area contributed by atoms with Gasteiger partial charge in [-0.15, -0.1) is 0 Å². The predicted molar refractivity (Wildman–Crippen MR) is 95.3 cm³/mol. The zero-order valence-electron chi connectivity index (χ0n) is 14.3. The molecule has 2 aromatic carbocycles. The minimum atomic E-state index is -0.00184. The maximum absolute atomic E-state index is 11.9. The van der Waals surface area contributed by atoms with Crippen molar-refractivity contribution in [1.82, 2.24) is 5.32 Å². The average molecular weight is 327 g/mol. The number of phenolic OH excluding ortho intramolecular Hbond substituents is 1. The van der Waals surface area contributed by atoms with Crippen LogP contribution in [-0.2, 0) is 17.6 Å². The predicted octanol–water partition coefficient (Wildman–Crippen LogP) is 3.47. The summed E-state index contributed by atoms with van der Waals surface area (Å²) in [7, 11) is 0. The van der Waals surface area contributed by atoms with Crippen molar-refractivity contribution in [3.8, 4) is 11.5 Å². The van der Waals surface area contributed by atoms with E-state index < -0.39 is 0 Å². The van der Waals surface area contributed by atoms with Crippen LogP contribution in [0.3, 0.4) is 0 Å². The number of nitrogens with one attached hydrogen (secondary N) is 1. The monoisotopic (exact) mass is 327 g/mol. The van der Waals surface area contributed by atoms with Crippen LogP contribution in [0.2, 0.25) is 0 Å². The molecule has 2 aromatic rings. The van der Waals surface area contributed by atoms with E-state index in [1.165, 1.54) is 0 Å². The number of ether oxygens (including phenoxy) is 1. The zero-order valence-corrected chi connectivity index (χ0v) is 14.3. The second-order valence-electron chi connectivity index (χ2n) is 6.04. The highest BCUT2D eigenvalue weighted by atomic mass is 16.5. The SMILES string of the molecule is CC(C)Oc1ccc(CCNC(=O)CCc2ccccc2O)cc1. The molecular weight excluding hydrogens is 302 g/mol. The highest BCUT2D eigenvalue weighted by Crippen LogP contribution is 2.17. The molecule has 0 unspecified atom stereocenters. The highest BCUT2D eigenvalue weighted by molar-refractivity contribution is 5.76. The first-order valence-corrected chi connectivity index (χ1v) is 8.34. The molecule has 0 atom stereocenters. The molecule has 0 fully saturated rings. The number of aromatic hydroxyl groups is 1. The Hall–Kier alpha value is -2.49. The fraction of sp³-hybridized carbons (Fsp3) is 0.350. The number of phenols is 1. The van der Waals surface area contributed by atoms with Crippen LogP contribution in [0.4, 0.5) is 0 Å². The van der Waals surface area contributed by atoms with Gasteiger partial charge < -0.3 is 15.2 Å². The lowest BCUT2D eigenvalue weighted by Crippen LogP contribution is -2.25. The van der Waals surface area contributed by atoms with E-state index in [0.717, 1.165) is 23.3 Å². The second kappa shape index (κ2) is 8.96. The van der Waals surface area contributed by atoms with E-state index in [4.69, 9.17) is 4.74 Å². The Bertz CT molecular complexity index is 650. The van der Waals surface area contributed by atoms with Gasteiger partial charge in [0.25, 0.3) is 0 Å². The van der Waals surface area contributed by atoms with E-state index >= 15 is 0 Å². The van der Waals surface area contributed by atoms with Crippen molar-refractivity contribution in [2.24, 2.45) is 0 Å². The lowest BCUT2D eigenvalue weighted by molar-refractivity contribution is -0.121. The van der Waals surface area contributed by atoms with Crippen molar-refractivity contribution in [2.45, 2.75) is 39.2 Å². The molecule has 0 spiro atoms. The summed E-state index contributed by atoms with van der Waals surface area (Å²) >= 11 is 0. The Balaban J connectivity index is 1.70. The fourth-order valence-electron chi connectivity index (χ4n) is 2.41. The summed E-state index contributed by atoms with van der Waals surface area (Å²) in [6, 6.07) is 15.1. The van der Waals surface area contributed by atoms with Gasteiger partial charge in [0.05, 0.1) is 6.10 Å². The van der Waals surface area contributed by atoms with E-state index in [-0.39, 0.29) is 17.8 Å². The third-order valence-electron chi connectivity index (χ3n) is 3.64. The average Bonchev–Trinajstić information content (AvgIpc) is 2.55. The van der Waals surface area contributed by atoms with Gasteiger partial charge in [-0.1, -0.05) is 30.3 Å². The van der Waals surface area contributed by atoms with Crippen LogP contribution >= 0.6 is 0 Å². The fourth-order valence-corrected chi connectivity index (χ4v) is 2.41. The molecule has 2 rings (SSSR count). The van der Waals surface area contributed by atoms with Crippen molar-refractivity contribution >= 4 is 5.91 Å². The quantitative estimate of drug-likeness (QED) is 0.780. The number of amides is 1. The van der Waals surface area contributed by atoms with Gasteiger partial charge in [-0.25, -0.2) is 0 Å². The molecule has 1 amide bonds. The maximum atomic E-state index is 11.9. The van der Waals surface area contributed by atoms with E-state index in [1.807, 2.05) is 50.2 Å². The lowest BCUT2D eigenvalue weighted by Gasteiger charge is -2.10. The first-order valence-electron chi connectivity index (χ1n) is 8.34. The zero-order chi connectivity index (χ0) is 17.4. The second-order valence-corrected chi connectivity index (χ2v) is 6.04. The van der Waals surface area contributed by atoms with Gasteiger partial charge in [-0.2, -0.15) is 0 Å². The number of aryl methyl sites for hydroxylation is 1. The van der Waals surface area contributed by atoms with Gasteiger partial charge in [-0.05, 0) is 56.0 Å². The summed E-state index contributed by atoms with van der Waals surface area (Å²) in [5.74, 6) is 1.10. The van der Waals surface area contributed by atoms with Crippen LogP contribution in [0.25, 0.3) is 0 Å². The van der Waals surface area contributed by atoms with E-state index in [1.54, 1.807) is 12.1 Å². The molecule has 0 saturated heterocycles. The molecule has 0 radical (unpaired) electrons. The minimum Gasteiger partial charge on any atom is -0.508 e. The van der Waals surface area contributed by atoms with Crippen LogP contribution in [0, 0.1) is 0 Å². The summed E-state index contributed by atoms with van der Waals surface area (Å²) in [5, 5.41) is 12.6. The molecular formula is C20H25NO3. The molecule has 0 aliphatic rings. The molecule has 4 nitrogen and oxygen atoms in total. The smallest absolute Gasteiger partial charge is 0.220 e. The van der Waals surface area contributed by atoms with Crippen LogP contribution in [0.15, 0.2) is 48.5 Å². The molecule has 0 bridgehead atoms. The molecule has 2 N–H and O–H groups in total. The molecule has 0 heterocycles. The first-order chi connectivity index (χ1) is 11.5. The van der Waals surface area contributed by atoms with Crippen LogP contribution in [0.1, 0.15) is 31.4 Å². The van der Waals surface area contributed by atoms with Gasteiger partial charge >= 0.3 is 0 Å². The minimum absolute atomic E-state index is 0.00184. The van der Waals surface area contributed by atoms with E-state index in [0.29, 0.717) is 19.4 Å². The van der Waals surface area contributed by atoms with E-state index in [9.17, 15) is 9.90 Å². The van der Waals surface area contributed by atoms with Crippen molar-refractivity contribution in [2.75, 3.05) is 6.54 Å².